The summed E-state index contributed by atoms with van der Waals surface area (Å²) in [5, 5.41) is 11.9. The highest BCUT2D eigenvalue weighted by Gasteiger charge is 2.09. The first-order chi connectivity index (χ1) is 9.86. The van der Waals surface area contributed by atoms with Crippen molar-refractivity contribution in [3.8, 4) is 0 Å². The first-order valence-corrected chi connectivity index (χ1v) is 6.45. The number of aryl methyl sites for hydroxylation is 3. The van der Waals surface area contributed by atoms with Gasteiger partial charge in [-0.05, 0) is 43.5 Å². The van der Waals surface area contributed by atoms with Crippen LogP contribution in [0.5, 0.6) is 0 Å². The topological polar surface area (TPSA) is 75.1 Å². The molecular formula is C15H16FN3O2. The van der Waals surface area contributed by atoms with Crippen LogP contribution in [0.3, 0.4) is 0 Å². The number of hydrogen-bond donors (Lipinski definition) is 2. The average molecular weight is 289 g/mol. The van der Waals surface area contributed by atoms with E-state index in [0.29, 0.717) is 23.4 Å². The zero-order valence-corrected chi connectivity index (χ0v) is 12.1. The Kier molecular flexibility index (Phi) is 4.16. The summed E-state index contributed by atoms with van der Waals surface area (Å²) >= 11 is 0. The summed E-state index contributed by atoms with van der Waals surface area (Å²) in [5.74, 6) is -1.07. The minimum atomic E-state index is -1.10. The molecule has 0 radical (unpaired) electrons. The fourth-order valence-electron chi connectivity index (χ4n) is 2.08. The monoisotopic (exact) mass is 289 g/mol. The van der Waals surface area contributed by atoms with Crippen LogP contribution < -0.4 is 5.32 Å². The Balaban J connectivity index is 2.18. The Morgan fingerprint density at radius 1 is 1.19 bits per heavy atom. The lowest BCUT2D eigenvalue weighted by molar-refractivity contribution is 0.0690. The molecular weight excluding hydrogens is 273 g/mol. The van der Waals surface area contributed by atoms with Crippen LogP contribution in [-0.2, 0) is 6.54 Å². The van der Waals surface area contributed by atoms with Gasteiger partial charge in [0.05, 0.1) is 0 Å². The highest BCUT2D eigenvalue weighted by atomic mass is 19.1. The lowest BCUT2D eigenvalue weighted by Crippen LogP contribution is -2.09. The molecule has 0 aliphatic heterocycles. The summed E-state index contributed by atoms with van der Waals surface area (Å²) in [6.07, 6.45) is 0. The molecule has 5 nitrogen and oxygen atoms in total. The fraction of sp³-hybridized carbons (Fsp3) is 0.267. The molecule has 0 amide bonds. The molecule has 0 unspecified atom stereocenters. The van der Waals surface area contributed by atoms with Crippen molar-refractivity contribution in [2.24, 2.45) is 0 Å². The molecule has 0 spiro atoms. The summed E-state index contributed by atoms with van der Waals surface area (Å²) in [7, 11) is 0. The Bertz CT molecular complexity index is 678. The van der Waals surface area contributed by atoms with E-state index in [0.717, 1.165) is 5.56 Å². The van der Waals surface area contributed by atoms with E-state index in [9.17, 15) is 9.18 Å². The molecule has 0 saturated heterocycles. The van der Waals surface area contributed by atoms with E-state index < -0.39 is 5.97 Å². The van der Waals surface area contributed by atoms with E-state index in [-0.39, 0.29) is 17.5 Å². The average Bonchev–Trinajstić information content (AvgIpc) is 2.41. The van der Waals surface area contributed by atoms with Gasteiger partial charge in [-0.3, -0.25) is 0 Å². The first kappa shape index (κ1) is 14.9. The number of aromatic carboxylic acids is 1. The highest BCUT2D eigenvalue weighted by molar-refractivity contribution is 5.85. The third-order valence-electron chi connectivity index (χ3n) is 3.02. The summed E-state index contributed by atoms with van der Waals surface area (Å²) in [6, 6.07) is 4.88. The molecule has 1 aromatic carbocycles. The third kappa shape index (κ3) is 3.53. The molecule has 0 aliphatic carbocycles. The minimum Gasteiger partial charge on any atom is -0.477 e. The summed E-state index contributed by atoms with van der Waals surface area (Å²) in [5.41, 5.74) is 2.53. The number of rotatable bonds is 4. The number of nitrogens with zero attached hydrogens (tertiary/aromatic N) is 2. The number of nitrogens with one attached hydrogen (secondary N) is 1. The fourth-order valence-corrected chi connectivity index (χ4v) is 2.08. The van der Waals surface area contributed by atoms with Gasteiger partial charge in [0.1, 0.15) is 5.82 Å². The van der Waals surface area contributed by atoms with Gasteiger partial charge in [-0.25, -0.2) is 19.2 Å². The quantitative estimate of drug-likeness (QED) is 0.905. The SMILES string of the molecule is Cc1cc(C(=O)O)nc(NCc2cc(C)c(F)c(C)c2)n1. The van der Waals surface area contributed by atoms with Gasteiger partial charge in [-0.1, -0.05) is 12.1 Å². The molecule has 1 aromatic heterocycles. The molecule has 2 aromatic rings. The maximum absolute atomic E-state index is 13.6. The smallest absolute Gasteiger partial charge is 0.354 e. The molecule has 1 heterocycles. The second-order valence-electron chi connectivity index (χ2n) is 4.92. The lowest BCUT2D eigenvalue weighted by Gasteiger charge is -2.09. The van der Waals surface area contributed by atoms with Gasteiger partial charge in [0.15, 0.2) is 5.69 Å². The Morgan fingerprint density at radius 3 is 2.38 bits per heavy atom. The van der Waals surface area contributed by atoms with Crippen molar-refractivity contribution in [3.05, 3.63) is 52.1 Å². The lowest BCUT2D eigenvalue weighted by atomic mass is 10.1. The van der Waals surface area contributed by atoms with E-state index in [4.69, 9.17) is 5.11 Å². The second-order valence-corrected chi connectivity index (χ2v) is 4.92. The van der Waals surface area contributed by atoms with Crippen molar-refractivity contribution in [1.82, 2.24) is 9.97 Å². The summed E-state index contributed by atoms with van der Waals surface area (Å²) in [4.78, 5) is 19.0. The zero-order chi connectivity index (χ0) is 15.6. The van der Waals surface area contributed by atoms with Crippen molar-refractivity contribution >= 4 is 11.9 Å². The van der Waals surface area contributed by atoms with Crippen LogP contribution in [0.2, 0.25) is 0 Å². The third-order valence-corrected chi connectivity index (χ3v) is 3.02. The Hall–Kier alpha value is -2.50. The number of carboxylic acid groups (broad SMARTS) is 1. The number of carbonyl (C=O) groups is 1. The van der Waals surface area contributed by atoms with Crippen molar-refractivity contribution in [3.63, 3.8) is 0 Å². The molecule has 6 heteroatoms. The van der Waals surface area contributed by atoms with Crippen molar-refractivity contribution in [2.45, 2.75) is 27.3 Å². The van der Waals surface area contributed by atoms with Gasteiger partial charge in [0, 0.05) is 12.2 Å². The predicted octanol–water partition coefficient (Wildman–Crippen LogP) is 2.85. The normalized spacial score (nSPS) is 10.5. The molecule has 0 bridgehead atoms. The van der Waals surface area contributed by atoms with Crippen LogP contribution in [0.1, 0.15) is 32.9 Å². The van der Waals surface area contributed by atoms with Gasteiger partial charge >= 0.3 is 5.97 Å². The highest BCUT2D eigenvalue weighted by Crippen LogP contribution is 2.15. The van der Waals surface area contributed by atoms with E-state index in [1.165, 1.54) is 6.07 Å². The number of benzene rings is 1. The van der Waals surface area contributed by atoms with Crippen LogP contribution in [-0.4, -0.2) is 21.0 Å². The molecule has 2 N–H and O–H groups in total. The van der Waals surface area contributed by atoms with E-state index in [1.807, 2.05) is 0 Å². The van der Waals surface area contributed by atoms with Crippen LogP contribution in [0.25, 0.3) is 0 Å². The van der Waals surface area contributed by atoms with E-state index in [2.05, 4.69) is 15.3 Å². The second kappa shape index (κ2) is 5.87. The van der Waals surface area contributed by atoms with Crippen molar-refractivity contribution < 1.29 is 14.3 Å². The number of aromatic nitrogens is 2. The molecule has 2 rings (SSSR count). The van der Waals surface area contributed by atoms with Crippen molar-refractivity contribution in [2.75, 3.05) is 5.32 Å². The maximum atomic E-state index is 13.6. The number of anilines is 1. The predicted molar refractivity (Wildman–Crippen MR) is 76.9 cm³/mol. The molecule has 110 valence electrons. The number of carboxylic acids is 1. The number of halogens is 1. The summed E-state index contributed by atoms with van der Waals surface area (Å²) < 4.78 is 13.6. The van der Waals surface area contributed by atoms with Crippen LogP contribution in [0.15, 0.2) is 18.2 Å². The molecule has 0 fully saturated rings. The van der Waals surface area contributed by atoms with Gasteiger partial charge in [-0.15, -0.1) is 0 Å². The molecule has 0 atom stereocenters. The van der Waals surface area contributed by atoms with Crippen LogP contribution in [0.4, 0.5) is 10.3 Å². The molecule has 0 saturated carbocycles. The first-order valence-electron chi connectivity index (χ1n) is 6.45. The van der Waals surface area contributed by atoms with Crippen LogP contribution in [0, 0.1) is 26.6 Å². The maximum Gasteiger partial charge on any atom is 0.354 e. The van der Waals surface area contributed by atoms with Gasteiger partial charge in [0.25, 0.3) is 0 Å². The largest absolute Gasteiger partial charge is 0.477 e. The zero-order valence-electron chi connectivity index (χ0n) is 12.1. The van der Waals surface area contributed by atoms with Crippen LogP contribution >= 0.6 is 0 Å². The minimum absolute atomic E-state index is 0.0588. The number of hydrogen-bond acceptors (Lipinski definition) is 4. The molecule has 0 aliphatic rings. The standard InChI is InChI=1S/C15H16FN3O2/c1-8-4-11(5-9(2)13(8)16)7-17-15-18-10(3)6-12(19-15)14(20)21/h4-6H,7H2,1-3H3,(H,20,21)(H,17,18,19). The van der Waals surface area contributed by atoms with Crippen molar-refractivity contribution in [1.29, 1.82) is 0 Å². The summed E-state index contributed by atoms with van der Waals surface area (Å²) in [6.45, 7) is 5.50. The molecule has 21 heavy (non-hydrogen) atoms. The Labute approximate surface area is 121 Å². The Morgan fingerprint density at radius 2 is 1.81 bits per heavy atom. The van der Waals surface area contributed by atoms with E-state index in [1.54, 1.807) is 32.9 Å². The van der Waals surface area contributed by atoms with Gasteiger partial charge in [-0.2, -0.15) is 0 Å². The van der Waals surface area contributed by atoms with Gasteiger partial charge in [0.2, 0.25) is 5.95 Å². The van der Waals surface area contributed by atoms with Gasteiger partial charge < -0.3 is 10.4 Å². The van der Waals surface area contributed by atoms with E-state index >= 15 is 0 Å².